The highest BCUT2D eigenvalue weighted by Gasteiger charge is 2.24. The Balaban J connectivity index is 1.73. The molecule has 0 fully saturated rings. The highest BCUT2D eigenvalue weighted by Crippen LogP contribution is 2.23. The molecule has 1 N–H and O–H groups in total. The molecule has 162 valence electrons. The highest BCUT2D eigenvalue weighted by molar-refractivity contribution is 7.98. The van der Waals surface area contributed by atoms with Crippen molar-refractivity contribution >= 4 is 35.0 Å². The van der Waals surface area contributed by atoms with E-state index in [1.54, 1.807) is 28.8 Å². The third-order valence-corrected chi connectivity index (χ3v) is 5.16. The Labute approximate surface area is 184 Å². The van der Waals surface area contributed by atoms with E-state index in [-0.39, 0.29) is 11.5 Å². The van der Waals surface area contributed by atoms with Gasteiger partial charge in [-0.2, -0.15) is 0 Å². The van der Waals surface area contributed by atoms with E-state index in [0.29, 0.717) is 16.5 Å². The number of halogens is 1. The van der Waals surface area contributed by atoms with Crippen LogP contribution in [0.1, 0.15) is 17.4 Å². The summed E-state index contributed by atoms with van der Waals surface area (Å²) in [5, 5.41) is 3.27. The molecule has 0 radical (unpaired) electrons. The number of amides is 1. The summed E-state index contributed by atoms with van der Waals surface area (Å²) in [6.45, 7) is 1.50. The predicted octanol–water partition coefficient (Wildman–Crippen LogP) is 3.98. The summed E-state index contributed by atoms with van der Waals surface area (Å²) in [7, 11) is 3.85. The summed E-state index contributed by atoms with van der Waals surface area (Å²) < 4.78 is 20.2. The van der Waals surface area contributed by atoms with Crippen LogP contribution in [-0.2, 0) is 9.53 Å². The van der Waals surface area contributed by atoms with Crippen LogP contribution in [0, 0.1) is 5.82 Å². The molecule has 9 heteroatoms. The number of carbonyl (C=O) groups excluding carboxylic acids is 2. The van der Waals surface area contributed by atoms with Crippen molar-refractivity contribution in [2.45, 2.75) is 18.2 Å². The van der Waals surface area contributed by atoms with Crippen molar-refractivity contribution in [2.24, 2.45) is 0 Å². The smallest absolute Gasteiger partial charge is 0.357 e. The minimum Gasteiger partial charge on any atom is -0.448 e. The Morgan fingerprint density at radius 1 is 1.13 bits per heavy atom. The van der Waals surface area contributed by atoms with Gasteiger partial charge in [0.25, 0.3) is 5.91 Å². The average molecular weight is 443 g/mol. The third kappa shape index (κ3) is 5.24. The fourth-order valence-electron chi connectivity index (χ4n) is 2.82. The minimum absolute atomic E-state index is 0.144. The van der Waals surface area contributed by atoms with Gasteiger partial charge in [-0.15, -0.1) is 0 Å². The number of ether oxygens (including phenoxy) is 1. The first-order valence-corrected chi connectivity index (χ1v) is 10.7. The summed E-state index contributed by atoms with van der Waals surface area (Å²) >= 11 is 1.33. The number of aromatic nitrogens is 2. The van der Waals surface area contributed by atoms with Gasteiger partial charge in [-0.05, 0) is 61.7 Å². The monoisotopic (exact) mass is 442 g/mol. The Bertz CT molecular complexity index is 1070. The number of thioether (sulfide) groups is 1. The average Bonchev–Trinajstić information content (AvgIpc) is 3.19. The molecular formula is C22H23FN4O3S. The van der Waals surface area contributed by atoms with E-state index in [9.17, 15) is 14.0 Å². The molecule has 3 rings (SSSR count). The molecule has 0 saturated carbocycles. The molecule has 1 heterocycles. The van der Waals surface area contributed by atoms with Crippen LogP contribution < -0.4 is 10.2 Å². The molecule has 1 atom stereocenters. The fraction of sp³-hybridized carbons (Fsp3) is 0.227. The first-order valence-electron chi connectivity index (χ1n) is 9.47. The van der Waals surface area contributed by atoms with Crippen LogP contribution in [0.25, 0.3) is 5.69 Å². The maximum absolute atomic E-state index is 13.3. The number of nitrogens with one attached hydrogen (secondary N) is 1. The summed E-state index contributed by atoms with van der Waals surface area (Å²) in [6, 6.07) is 13.0. The molecule has 2 aromatic carbocycles. The van der Waals surface area contributed by atoms with Crippen molar-refractivity contribution in [3.63, 3.8) is 0 Å². The van der Waals surface area contributed by atoms with Crippen molar-refractivity contribution < 1.29 is 18.7 Å². The van der Waals surface area contributed by atoms with Gasteiger partial charge in [0, 0.05) is 31.2 Å². The molecule has 0 saturated heterocycles. The van der Waals surface area contributed by atoms with Gasteiger partial charge in [0.15, 0.2) is 17.0 Å². The normalized spacial score (nSPS) is 11.6. The van der Waals surface area contributed by atoms with Crippen molar-refractivity contribution in [1.29, 1.82) is 0 Å². The maximum atomic E-state index is 13.3. The van der Waals surface area contributed by atoms with E-state index in [1.807, 2.05) is 37.4 Å². The predicted molar refractivity (Wildman–Crippen MR) is 120 cm³/mol. The van der Waals surface area contributed by atoms with Crippen LogP contribution in [0.5, 0.6) is 0 Å². The Kier molecular flexibility index (Phi) is 6.96. The van der Waals surface area contributed by atoms with E-state index in [4.69, 9.17) is 4.74 Å². The van der Waals surface area contributed by atoms with Gasteiger partial charge in [0.1, 0.15) is 5.82 Å². The molecule has 0 aliphatic rings. The lowest BCUT2D eigenvalue weighted by atomic mass is 10.2. The molecule has 0 spiro atoms. The number of rotatable bonds is 7. The van der Waals surface area contributed by atoms with Crippen LogP contribution in [0.3, 0.4) is 0 Å². The van der Waals surface area contributed by atoms with Crippen LogP contribution in [0.4, 0.5) is 15.8 Å². The number of imidazole rings is 1. The van der Waals surface area contributed by atoms with Gasteiger partial charge < -0.3 is 15.0 Å². The van der Waals surface area contributed by atoms with Crippen LogP contribution in [0.2, 0.25) is 0 Å². The maximum Gasteiger partial charge on any atom is 0.357 e. The number of esters is 1. The number of benzene rings is 2. The molecule has 1 aromatic heterocycles. The zero-order valence-electron chi connectivity index (χ0n) is 17.6. The van der Waals surface area contributed by atoms with Gasteiger partial charge in [-0.3, -0.25) is 9.36 Å². The first kappa shape index (κ1) is 22.4. The van der Waals surface area contributed by atoms with E-state index < -0.39 is 18.0 Å². The second-order valence-corrected chi connectivity index (χ2v) is 7.69. The van der Waals surface area contributed by atoms with E-state index in [0.717, 1.165) is 5.69 Å². The lowest BCUT2D eigenvalue weighted by molar-refractivity contribution is -0.123. The molecule has 3 aromatic rings. The topological polar surface area (TPSA) is 76.5 Å². The second kappa shape index (κ2) is 9.65. The van der Waals surface area contributed by atoms with Crippen LogP contribution in [-0.4, -0.2) is 47.9 Å². The van der Waals surface area contributed by atoms with Crippen LogP contribution in [0.15, 0.2) is 59.9 Å². The van der Waals surface area contributed by atoms with Crippen molar-refractivity contribution in [3.05, 3.63) is 66.2 Å². The molecular weight excluding hydrogens is 419 g/mol. The zero-order chi connectivity index (χ0) is 22.5. The van der Waals surface area contributed by atoms with Gasteiger partial charge in [0.05, 0.1) is 6.20 Å². The summed E-state index contributed by atoms with van der Waals surface area (Å²) in [4.78, 5) is 31.4. The zero-order valence-corrected chi connectivity index (χ0v) is 18.4. The van der Waals surface area contributed by atoms with Crippen LogP contribution >= 0.6 is 11.8 Å². The second-order valence-electron chi connectivity index (χ2n) is 6.92. The molecule has 1 unspecified atom stereocenters. The lowest BCUT2D eigenvalue weighted by Crippen LogP contribution is -2.30. The fourth-order valence-corrected chi connectivity index (χ4v) is 3.37. The molecule has 0 aliphatic carbocycles. The van der Waals surface area contributed by atoms with Gasteiger partial charge >= 0.3 is 5.97 Å². The molecule has 0 aliphatic heterocycles. The van der Waals surface area contributed by atoms with Gasteiger partial charge in [-0.25, -0.2) is 14.2 Å². The van der Waals surface area contributed by atoms with Crippen molar-refractivity contribution in [1.82, 2.24) is 9.55 Å². The molecule has 31 heavy (non-hydrogen) atoms. The number of nitrogens with zero attached hydrogens (tertiary/aromatic N) is 3. The Hall–Kier alpha value is -3.33. The van der Waals surface area contributed by atoms with E-state index >= 15 is 0 Å². The third-order valence-electron chi connectivity index (χ3n) is 4.51. The van der Waals surface area contributed by atoms with Crippen molar-refractivity contribution in [3.8, 4) is 5.69 Å². The lowest BCUT2D eigenvalue weighted by Gasteiger charge is -2.16. The number of hydrogen-bond donors (Lipinski definition) is 1. The number of anilines is 2. The molecule has 7 nitrogen and oxygen atoms in total. The SMILES string of the molecule is CSc1ncc(C(=O)OC(C)C(=O)Nc2ccc(N(C)C)cc2)n1-c1ccc(F)cc1. The largest absolute Gasteiger partial charge is 0.448 e. The van der Waals surface area contributed by atoms with E-state index in [1.165, 1.54) is 37.0 Å². The summed E-state index contributed by atoms with van der Waals surface area (Å²) in [6.07, 6.45) is 2.16. The Morgan fingerprint density at radius 3 is 2.35 bits per heavy atom. The quantitative estimate of drug-likeness (QED) is 0.441. The molecule has 1 amide bonds. The standard InChI is InChI=1S/C22H23FN4O3S/c1-14(20(28)25-16-7-11-17(12-8-16)26(2)3)30-21(29)19-13-24-22(31-4)27(19)18-9-5-15(23)6-10-18/h5-14H,1-4H3,(H,25,28). The Morgan fingerprint density at radius 2 is 1.77 bits per heavy atom. The van der Waals surface area contributed by atoms with Crippen molar-refractivity contribution in [2.75, 3.05) is 30.6 Å². The highest BCUT2D eigenvalue weighted by atomic mass is 32.2. The number of carbonyl (C=O) groups is 2. The summed E-state index contributed by atoms with van der Waals surface area (Å²) in [5.41, 5.74) is 2.30. The van der Waals surface area contributed by atoms with Gasteiger partial charge in [0.2, 0.25) is 0 Å². The van der Waals surface area contributed by atoms with Gasteiger partial charge in [-0.1, -0.05) is 11.8 Å². The molecule has 0 bridgehead atoms. The first-order chi connectivity index (χ1) is 14.8. The summed E-state index contributed by atoms with van der Waals surface area (Å²) in [5.74, 6) is -1.55. The van der Waals surface area contributed by atoms with E-state index in [2.05, 4.69) is 10.3 Å². The minimum atomic E-state index is -1.03. The number of hydrogen-bond acceptors (Lipinski definition) is 6.